The average molecular weight is 413 g/mol. The van der Waals surface area contributed by atoms with E-state index in [1.54, 1.807) is 18.2 Å². The van der Waals surface area contributed by atoms with Crippen LogP contribution in [0.2, 0.25) is 10.0 Å². The highest BCUT2D eigenvalue weighted by molar-refractivity contribution is 7.89. The maximum atomic E-state index is 12.5. The quantitative estimate of drug-likeness (QED) is 0.725. The van der Waals surface area contributed by atoms with Crippen LogP contribution >= 0.6 is 23.2 Å². The van der Waals surface area contributed by atoms with E-state index in [9.17, 15) is 13.2 Å². The number of carbonyl (C=O) groups excluding carboxylic acids is 1. The number of anilines is 1. The zero-order valence-corrected chi connectivity index (χ0v) is 16.2. The zero-order chi connectivity index (χ0) is 18.7. The highest BCUT2D eigenvalue weighted by Crippen LogP contribution is 2.29. The number of benzene rings is 2. The van der Waals surface area contributed by atoms with Crippen LogP contribution in [0.4, 0.5) is 5.69 Å². The van der Waals surface area contributed by atoms with E-state index in [-0.39, 0.29) is 17.2 Å². The van der Waals surface area contributed by atoms with Gasteiger partial charge in [-0.1, -0.05) is 29.3 Å². The lowest BCUT2D eigenvalue weighted by atomic mass is 10.1. The van der Waals surface area contributed by atoms with Crippen LogP contribution in [0.1, 0.15) is 23.2 Å². The molecule has 2 aromatic carbocycles. The Labute approximate surface area is 163 Å². The molecule has 0 spiro atoms. The van der Waals surface area contributed by atoms with Crippen LogP contribution in [0.15, 0.2) is 47.4 Å². The van der Waals surface area contributed by atoms with E-state index in [0.717, 1.165) is 12.8 Å². The molecule has 0 bridgehead atoms. The van der Waals surface area contributed by atoms with Gasteiger partial charge in [0.05, 0.1) is 27.2 Å². The fourth-order valence-corrected chi connectivity index (χ4v) is 4.88. The summed E-state index contributed by atoms with van der Waals surface area (Å²) in [6.07, 6.45) is 1.76. The molecule has 138 valence electrons. The molecule has 1 aliphatic heterocycles. The summed E-state index contributed by atoms with van der Waals surface area (Å²) in [5.74, 6) is -0.189. The second-order valence-electron chi connectivity index (χ2n) is 6.01. The summed E-state index contributed by atoms with van der Waals surface area (Å²) < 4.78 is 26.5. The van der Waals surface area contributed by atoms with Gasteiger partial charge in [0.2, 0.25) is 10.0 Å². The molecule has 0 saturated carbocycles. The molecular weight excluding hydrogens is 395 g/mol. The van der Waals surface area contributed by atoms with Gasteiger partial charge in [0.25, 0.3) is 0 Å². The van der Waals surface area contributed by atoms with Crippen molar-refractivity contribution in [3.8, 4) is 0 Å². The van der Waals surface area contributed by atoms with Gasteiger partial charge in [0.1, 0.15) is 0 Å². The number of nitrogens with zero attached hydrogens (tertiary/aromatic N) is 1. The second-order valence-corrected chi connectivity index (χ2v) is 8.76. The molecule has 26 heavy (non-hydrogen) atoms. The molecule has 2 aromatic rings. The summed E-state index contributed by atoms with van der Waals surface area (Å²) in [5.41, 5.74) is 0.915. The number of Topliss-reactive ketones (excluding diaryl/α,β-unsaturated/α-hetero) is 1. The summed E-state index contributed by atoms with van der Waals surface area (Å²) in [5, 5.41) is 3.79. The van der Waals surface area contributed by atoms with Crippen molar-refractivity contribution in [2.24, 2.45) is 0 Å². The Balaban J connectivity index is 1.69. The third-order valence-electron chi connectivity index (χ3n) is 4.27. The first-order valence-electron chi connectivity index (χ1n) is 8.21. The van der Waals surface area contributed by atoms with Crippen molar-refractivity contribution in [3.05, 3.63) is 58.1 Å². The molecule has 0 atom stereocenters. The zero-order valence-electron chi connectivity index (χ0n) is 13.9. The Morgan fingerprint density at radius 3 is 2.15 bits per heavy atom. The minimum atomic E-state index is -3.48. The molecule has 0 radical (unpaired) electrons. The molecule has 1 N–H and O–H groups in total. The molecule has 0 amide bonds. The predicted octanol–water partition coefficient (Wildman–Crippen LogP) is 4.07. The van der Waals surface area contributed by atoms with Crippen molar-refractivity contribution in [1.82, 2.24) is 4.31 Å². The summed E-state index contributed by atoms with van der Waals surface area (Å²) in [7, 11) is -3.48. The molecule has 0 aromatic heterocycles. The van der Waals surface area contributed by atoms with Crippen LogP contribution in [0, 0.1) is 0 Å². The second kappa shape index (κ2) is 7.96. The highest BCUT2D eigenvalue weighted by atomic mass is 35.5. The van der Waals surface area contributed by atoms with Gasteiger partial charge in [0.15, 0.2) is 5.78 Å². The van der Waals surface area contributed by atoms with E-state index in [1.807, 2.05) is 0 Å². The standard InChI is InChI=1S/C18H18Cl2N2O3S/c19-15-4-3-5-16(20)18(15)21-12-17(23)13-6-8-14(9-7-13)26(24,25)22-10-1-2-11-22/h3-9,21H,1-2,10-12H2. The maximum absolute atomic E-state index is 12.5. The Morgan fingerprint density at radius 1 is 1.00 bits per heavy atom. The minimum absolute atomic E-state index is 0.00166. The lowest BCUT2D eigenvalue weighted by Gasteiger charge is -2.15. The van der Waals surface area contributed by atoms with Gasteiger partial charge in [-0.05, 0) is 49.2 Å². The van der Waals surface area contributed by atoms with E-state index in [1.165, 1.54) is 28.6 Å². The first kappa shape index (κ1) is 19.2. The van der Waals surface area contributed by atoms with Gasteiger partial charge in [0, 0.05) is 18.7 Å². The molecule has 0 unspecified atom stereocenters. The monoisotopic (exact) mass is 412 g/mol. The van der Waals surface area contributed by atoms with Gasteiger partial charge < -0.3 is 5.32 Å². The fourth-order valence-electron chi connectivity index (χ4n) is 2.83. The molecule has 1 saturated heterocycles. The summed E-state index contributed by atoms with van der Waals surface area (Å²) in [6.45, 7) is 1.10. The molecule has 3 rings (SSSR count). The van der Waals surface area contributed by atoms with Gasteiger partial charge >= 0.3 is 0 Å². The van der Waals surface area contributed by atoms with Crippen LogP contribution in [-0.2, 0) is 10.0 Å². The van der Waals surface area contributed by atoms with Crippen molar-refractivity contribution >= 4 is 44.7 Å². The number of hydrogen-bond donors (Lipinski definition) is 1. The SMILES string of the molecule is O=C(CNc1c(Cl)cccc1Cl)c1ccc(S(=O)(=O)N2CCCC2)cc1. The van der Waals surface area contributed by atoms with Crippen molar-refractivity contribution in [2.75, 3.05) is 25.0 Å². The van der Waals surface area contributed by atoms with Crippen molar-refractivity contribution in [1.29, 1.82) is 0 Å². The Kier molecular flexibility index (Phi) is 5.87. The summed E-state index contributed by atoms with van der Waals surface area (Å²) >= 11 is 12.1. The number of rotatable bonds is 6. The topological polar surface area (TPSA) is 66.5 Å². The maximum Gasteiger partial charge on any atom is 0.243 e. The van der Waals surface area contributed by atoms with E-state index < -0.39 is 10.0 Å². The Bertz CT molecular complexity index is 888. The Hall–Kier alpha value is -1.60. The number of hydrogen-bond acceptors (Lipinski definition) is 4. The molecule has 0 aliphatic carbocycles. The van der Waals surface area contributed by atoms with Gasteiger partial charge in [-0.15, -0.1) is 0 Å². The first-order chi connectivity index (χ1) is 12.4. The van der Waals surface area contributed by atoms with Crippen molar-refractivity contribution < 1.29 is 13.2 Å². The van der Waals surface area contributed by atoms with Crippen LogP contribution in [0.25, 0.3) is 0 Å². The average Bonchev–Trinajstić information content (AvgIpc) is 3.17. The van der Waals surface area contributed by atoms with E-state index in [0.29, 0.717) is 34.4 Å². The largest absolute Gasteiger partial charge is 0.375 e. The number of halogens is 2. The number of carbonyl (C=O) groups is 1. The smallest absolute Gasteiger partial charge is 0.243 e. The molecular formula is C18H18Cl2N2O3S. The third-order valence-corrected chi connectivity index (χ3v) is 6.81. The van der Waals surface area contributed by atoms with Crippen LogP contribution in [0.5, 0.6) is 0 Å². The number of nitrogens with one attached hydrogen (secondary N) is 1. The molecule has 1 fully saturated rings. The first-order valence-corrected chi connectivity index (χ1v) is 10.4. The molecule has 1 heterocycles. The van der Waals surface area contributed by atoms with E-state index in [4.69, 9.17) is 23.2 Å². The number of para-hydroxylation sites is 1. The lowest BCUT2D eigenvalue weighted by Crippen LogP contribution is -2.27. The van der Waals surface area contributed by atoms with Crippen LogP contribution < -0.4 is 5.32 Å². The molecule has 1 aliphatic rings. The van der Waals surface area contributed by atoms with Crippen molar-refractivity contribution in [2.45, 2.75) is 17.7 Å². The van der Waals surface area contributed by atoms with Gasteiger partial charge in [-0.2, -0.15) is 4.31 Å². The van der Waals surface area contributed by atoms with E-state index >= 15 is 0 Å². The van der Waals surface area contributed by atoms with E-state index in [2.05, 4.69) is 5.32 Å². The number of ketones is 1. The molecule has 8 heteroatoms. The molecule has 5 nitrogen and oxygen atoms in total. The summed E-state index contributed by atoms with van der Waals surface area (Å²) in [4.78, 5) is 12.6. The van der Waals surface area contributed by atoms with Crippen molar-refractivity contribution in [3.63, 3.8) is 0 Å². The third kappa shape index (κ3) is 4.04. The van der Waals surface area contributed by atoms with Crippen LogP contribution in [0.3, 0.4) is 0 Å². The number of sulfonamides is 1. The Morgan fingerprint density at radius 2 is 1.58 bits per heavy atom. The lowest BCUT2D eigenvalue weighted by molar-refractivity contribution is 0.101. The van der Waals surface area contributed by atoms with Gasteiger partial charge in [-0.3, -0.25) is 4.79 Å². The van der Waals surface area contributed by atoms with Crippen LogP contribution in [-0.4, -0.2) is 38.1 Å². The predicted molar refractivity (Wildman–Crippen MR) is 104 cm³/mol. The fraction of sp³-hybridized carbons (Fsp3) is 0.278. The van der Waals surface area contributed by atoms with Gasteiger partial charge in [-0.25, -0.2) is 8.42 Å². The highest BCUT2D eigenvalue weighted by Gasteiger charge is 2.27. The minimum Gasteiger partial charge on any atom is -0.375 e. The normalized spacial score (nSPS) is 15.2. The summed E-state index contributed by atoms with van der Waals surface area (Å²) in [6, 6.07) is 11.1.